The Morgan fingerprint density at radius 3 is 2.29 bits per heavy atom. The van der Waals surface area contributed by atoms with Crippen molar-refractivity contribution in [2.75, 3.05) is 0 Å². The van der Waals surface area contributed by atoms with Gasteiger partial charge in [0.2, 0.25) is 16.3 Å². The summed E-state index contributed by atoms with van der Waals surface area (Å²) in [6.45, 7) is 0. The third kappa shape index (κ3) is 3.55. The summed E-state index contributed by atoms with van der Waals surface area (Å²) in [6.07, 6.45) is 7.48. The molecule has 6 rings (SSSR count). The molecule has 5 saturated carbocycles. The van der Waals surface area contributed by atoms with Gasteiger partial charge in [0.25, 0.3) is 0 Å². The Morgan fingerprint density at radius 1 is 1.21 bits per heavy atom. The Balaban J connectivity index is 0.000000346. The summed E-state index contributed by atoms with van der Waals surface area (Å²) >= 11 is 0. The Hall–Kier alpha value is -1.25. The van der Waals surface area contributed by atoms with Gasteiger partial charge in [-0.1, -0.05) is 0 Å². The van der Waals surface area contributed by atoms with Crippen molar-refractivity contribution in [3.8, 4) is 6.07 Å². The number of hydrogen-bond donors (Lipinski definition) is 3. The molecular weight excluding hydrogens is 386 g/mol. The van der Waals surface area contributed by atoms with E-state index in [9.17, 15) is 15.2 Å². The van der Waals surface area contributed by atoms with Gasteiger partial charge in [-0.2, -0.15) is 5.26 Å². The molecule has 2 unspecified atom stereocenters. The fourth-order valence-corrected chi connectivity index (χ4v) is 6.96. The van der Waals surface area contributed by atoms with Gasteiger partial charge in [0.1, 0.15) is 6.04 Å². The second-order valence-corrected chi connectivity index (χ2v) is 10.5. The van der Waals surface area contributed by atoms with E-state index in [4.69, 9.17) is 23.3 Å². The topological polar surface area (TPSA) is 168 Å². The van der Waals surface area contributed by atoms with E-state index in [1.807, 2.05) is 0 Å². The van der Waals surface area contributed by atoms with Crippen LogP contribution in [0.25, 0.3) is 0 Å². The molecule has 5 aliphatic carbocycles. The summed E-state index contributed by atoms with van der Waals surface area (Å²) in [4.78, 5) is 14.9. The van der Waals surface area contributed by atoms with E-state index in [1.165, 1.54) is 6.42 Å². The first-order valence-corrected chi connectivity index (χ1v) is 11.2. The van der Waals surface area contributed by atoms with Crippen LogP contribution >= 0.6 is 0 Å². The Morgan fingerprint density at radius 2 is 1.79 bits per heavy atom. The summed E-state index contributed by atoms with van der Waals surface area (Å²) in [5.74, 6) is 1.56. The molecule has 1 aliphatic heterocycles. The molecule has 6 fully saturated rings. The highest BCUT2D eigenvalue weighted by molar-refractivity contribution is 7.79. The monoisotopic (exact) mass is 412 g/mol. The average molecular weight is 412 g/mol. The highest BCUT2D eigenvalue weighted by atomic mass is 32.3. The van der Waals surface area contributed by atoms with Crippen molar-refractivity contribution >= 4 is 16.3 Å². The SMILES string of the molecule is N#C[C@@H]1C[C@@H]2C[C@@H]2N1C(=O)[C@@H](N)C12C[C@@H]3C[C@@H](CC(O)(C3)C1)C2.O=S(=O)([O-])O. The van der Waals surface area contributed by atoms with Crippen LogP contribution in [-0.2, 0) is 15.2 Å². The molecule has 9 nitrogen and oxygen atoms in total. The van der Waals surface area contributed by atoms with Crippen LogP contribution in [-0.4, -0.2) is 57.2 Å². The van der Waals surface area contributed by atoms with Gasteiger partial charge in [0, 0.05) is 6.04 Å². The predicted octanol–water partition coefficient (Wildman–Crippen LogP) is 0.163. The zero-order valence-electron chi connectivity index (χ0n) is 15.5. The number of nitrogens with zero attached hydrogens (tertiary/aromatic N) is 2. The van der Waals surface area contributed by atoms with Crippen molar-refractivity contribution in [3.05, 3.63) is 0 Å². The van der Waals surface area contributed by atoms with Crippen LogP contribution in [0.4, 0.5) is 0 Å². The number of likely N-dealkylation sites (tertiary alicyclic amines) is 1. The molecule has 6 aliphatic rings. The van der Waals surface area contributed by atoms with Crippen LogP contribution in [0, 0.1) is 34.5 Å². The number of piperidine rings is 1. The summed E-state index contributed by atoms with van der Waals surface area (Å²) in [5.41, 5.74) is 5.71. The maximum atomic E-state index is 13.1. The quantitative estimate of drug-likeness (QED) is 0.426. The van der Waals surface area contributed by atoms with Crippen molar-refractivity contribution in [3.63, 3.8) is 0 Å². The number of nitrogens with two attached hydrogens (primary N) is 1. The van der Waals surface area contributed by atoms with Crippen LogP contribution in [0.15, 0.2) is 0 Å². The Kier molecular flexibility index (Phi) is 4.56. The number of carbonyl (C=O) groups is 1. The Labute approximate surface area is 164 Å². The largest absolute Gasteiger partial charge is 0.726 e. The van der Waals surface area contributed by atoms with Gasteiger partial charge >= 0.3 is 0 Å². The molecule has 1 saturated heterocycles. The van der Waals surface area contributed by atoms with E-state index in [-0.39, 0.29) is 23.4 Å². The minimum absolute atomic E-state index is 0.0212. The van der Waals surface area contributed by atoms with Gasteiger partial charge in [-0.05, 0) is 74.5 Å². The second-order valence-electron chi connectivity index (χ2n) is 9.64. The number of hydrogen-bond acceptors (Lipinski definition) is 7. The number of amides is 1. The molecule has 10 heteroatoms. The van der Waals surface area contributed by atoms with Gasteiger partial charge in [-0.3, -0.25) is 9.35 Å². The van der Waals surface area contributed by atoms with Crippen molar-refractivity contribution in [2.45, 2.75) is 75.1 Å². The molecule has 0 spiro atoms. The zero-order valence-corrected chi connectivity index (χ0v) is 16.3. The highest BCUT2D eigenvalue weighted by Crippen LogP contribution is 2.63. The lowest BCUT2D eigenvalue weighted by Gasteiger charge is -2.61. The van der Waals surface area contributed by atoms with E-state index in [0.29, 0.717) is 24.2 Å². The number of nitriles is 1. The first-order chi connectivity index (χ1) is 12.9. The van der Waals surface area contributed by atoms with Crippen molar-refractivity contribution in [2.24, 2.45) is 28.9 Å². The fraction of sp³-hybridized carbons (Fsp3) is 0.889. The number of rotatable bonds is 2. The molecule has 28 heavy (non-hydrogen) atoms. The second kappa shape index (κ2) is 6.37. The highest BCUT2D eigenvalue weighted by Gasteiger charge is 2.62. The standard InChI is InChI=1S/C18H25N3O2.H2O4S/c19-8-13-2-12-3-14(12)21(13)16(22)15(20)17-4-10-1-11(5-17)7-18(23,6-10)9-17;1-5(2,3)4/h10-15,23H,1-7,9,20H2;(H2,1,2,3,4)/p-1/t10-,11+,12-,13+,14+,15-,17?,18?;/m1./s1. The van der Waals surface area contributed by atoms with Gasteiger partial charge in [0.15, 0.2) is 0 Å². The van der Waals surface area contributed by atoms with Crippen molar-refractivity contribution in [1.82, 2.24) is 4.90 Å². The molecule has 4 bridgehead atoms. The molecule has 0 radical (unpaired) electrons. The van der Waals surface area contributed by atoms with Crippen LogP contribution in [0.5, 0.6) is 0 Å². The summed E-state index contributed by atoms with van der Waals surface area (Å²) in [5, 5.41) is 20.2. The van der Waals surface area contributed by atoms with Gasteiger partial charge in [0.05, 0.1) is 17.7 Å². The van der Waals surface area contributed by atoms with Crippen molar-refractivity contribution in [1.29, 1.82) is 5.26 Å². The third-order valence-corrected chi connectivity index (χ3v) is 7.51. The Bertz CT molecular complexity index is 802. The van der Waals surface area contributed by atoms with Crippen molar-refractivity contribution < 1.29 is 27.4 Å². The zero-order chi connectivity index (χ0) is 20.5. The molecule has 8 atom stereocenters. The van der Waals surface area contributed by atoms with Crippen LogP contribution in [0.2, 0.25) is 0 Å². The van der Waals surface area contributed by atoms with Crippen LogP contribution < -0.4 is 5.73 Å². The molecule has 156 valence electrons. The first-order valence-electron chi connectivity index (χ1n) is 9.81. The van der Waals surface area contributed by atoms with E-state index in [2.05, 4.69) is 6.07 Å². The van der Waals surface area contributed by atoms with E-state index in [1.54, 1.807) is 4.90 Å². The van der Waals surface area contributed by atoms with E-state index < -0.39 is 22.0 Å². The lowest BCUT2D eigenvalue weighted by Crippen LogP contribution is -2.64. The molecule has 1 heterocycles. The predicted molar refractivity (Wildman–Crippen MR) is 95.1 cm³/mol. The molecule has 4 N–H and O–H groups in total. The minimum Gasteiger partial charge on any atom is -0.726 e. The normalized spacial score (nSPS) is 46.2. The van der Waals surface area contributed by atoms with Crippen LogP contribution in [0.1, 0.15) is 51.4 Å². The van der Waals surface area contributed by atoms with Gasteiger partial charge < -0.3 is 20.3 Å². The third-order valence-electron chi connectivity index (χ3n) is 7.51. The minimum atomic E-state index is -4.92. The lowest BCUT2D eigenvalue weighted by molar-refractivity contribution is -0.177. The van der Waals surface area contributed by atoms with Crippen LogP contribution in [0.3, 0.4) is 0 Å². The molecule has 0 aromatic carbocycles. The van der Waals surface area contributed by atoms with Gasteiger partial charge in [-0.25, -0.2) is 8.42 Å². The smallest absolute Gasteiger partial charge is 0.241 e. The van der Waals surface area contributed by atoms with Gasteiger partial charge in [-0.15, -0.1) is 0 Å². The molecule has 1 amide bonds. The number of aliphatic hydroxyl groups is 1. The maximum absolute atomic E-state index is 13.1. The molecular formula is C18H26N3O6S-. The number of carbonyl (C=O) groups excluding carboxylic acids is 1. The van der Waals surface area contributed by atoms with E-state index >= 15 is 0 Å². The molecule has 0 aromatic rings. The maximum Gasteiger partial charge on any atom is 0.241 e. The summed E-state index contributed by atoms with van der Waals surface area (Å²) in [7, 11) is -4.92. The lowest BCUT2D eigenvalue weighted by atomic mass is 9.46. The fourth-order valence-electron chi connectivity index (χ4n) is 6.96. The number of fused-ring (bicyclic) bond motifs is 1. The van der Waals surface area contributed by atoms with E-state index in [0.717, 1.165) is 38.5 Å². The first kappa shape index (κ1) is 20.0. The summed E-state index contributed by atoms with van der Waals surface area (Å²) in [6, 6.07) is 1.72. The average Bonchev–Trinajstić information content (AvgIpc) is 3.20. The molecule has 0 aromatic heterocycles. The summed E-state index contributed by atoms with van der Waals surface area (Å²) < 4.78 is 32.8.